The van der Waals surface area contributed by atoms with Crippen LogP contribution >= 0.6 is 0 Å². The van der Waals surface area contributed by atoms with Gasteiger partial charge in [-0.3, -0.25) is 19.5 Å². The first kappa shape index (κ1) is 23.9. The van der Waals surface area contributed by atoms with Gasteiger partial charge in [0.25, 0.3) is 0 Å². The Labute approximate surface area is 208 Å². The monoisotopic (exact) mass is 475 g/mol. The van der Waals surface area contributed by atoms with E-state index in [0.29, 0.717) is 32.1 Å². The third kappa shape index (κ3) is 5.11. The van der Waals surface area contributed by atoms with Crippen LogP contribution in [0.25, 0.3) is 0 Å². The number of nitrogens with zero attached hydrogens (tertiary/aromatic N) is 4. The van der Waals surface area contributed by atoms with Gasteiger partial charge in [0, 0.05) is 62.8 Å². The molecule has 1 aromatic heterocycles. The summed E-state index contributed by atoms with van der Waals surface area (Å²) >= 11 is 0. The maximum Gasteiger partial charge on any atom is 0.241 e. The number of anilines is 1. The molecule has 35 heavy (non-hydrogen) atoms. The highest BCUT2D eigenvalue weighted by atomic mass is 16.2. The summed E-state index contributed by atoms with van der Waals surface area (Å²) in [6.07, 6.45) is 4.34. The molecule has 2 amide bonds. The third-order valence-corrected chi connectivity index (χ3v) is 7.63. The van der Waals surface area contributed by atoms with Gasteiger partial charge in [0.2, 0.25) is 11.8 Å². The van der Waals surface area contributed by atoms with Crippen LogP contribution in [0.5, 0.6) is 0 Å². The summed E-state index contributed by atoms with van der Waals surface area (Å²) in [6.45, 7) is 10.6. The number of carbonyl (C=O) groups is 2. The number of likely N-dealkylation sites (tertiary alicyclic amines) is 1. The van der Waals surface area contributed by atoms with Gasteiger partial charge in [-0.05, 0) is 37.0 Å². The third-order valence-electron chi connectivity index (χ3n) is 7.63. The Morgan fingerprint density at radius 3 is 2.74 bits per heavy atom. The van der Waals surface area contributed by atoms with E-state index in [9.17, 15) is 9.59 Å². The zero-order valence-electron chi connectivity index (χ0n) is 21.2. The molecule has 0 radical (unpaired) electrons. The molecule has 3 aliphatic heterocycles. The highest BCUT2D eigenvalue weighted by Gasteiger charge is 2.41. The number of hydrogen-bond acceptors (Lipinski definition) is 5. The van der Waals surface area contributed by atoms with E-state index in [1.165, 1.54) is 5.56 Å². The maximum absolute atomic E-state index is 13.7. The molecular weight excluding hydrogens is 438 g/mol. The SMILES string of the molecule is C[C@@H]1CN(CC(=O)N2CC(C)(C)c3ncc(Cc4ccccc4)cc32)[C@@H](CN2CCCC2=O)CN1. The van der Waals surface area contributed by atoms with E-state index in [4.69, 9.17) is 4.98 Å². The maximum atomic E-state index is 13.7. The van der Waals surface area contributed by atoms with Gasteiger partial charge in [-0.25, -0.2) is 0 Å². The standard InChI is InChI=1S/C28H37N5O2/c1-20-16-32(23(15-29-20)17-31-11-7-10-25(31)34)18-26(35)33-19-28(2,3)27-24(33)13-22(14-30-27)12-21-8-5-4-6-9-21/h4-6,8-9,13-14,20,23,29H,7,10-12,15-19H2,1-3H3/t20-,23-/m1/s1. The van der Waals surface area contributed by atoms with Crippen molar-refractivity contribution in [3.8, 4) is 0 Å². The van der Waals surface area contributed by atoms with Gasteiger partial charge < -0.3 is 15.1 Å². The fourth-order valence-electron chi connectivity index (χ4n) is 5.74. The van der Waals surface area contributed by atoms with Crippen LogP contribution in [-0.2, 0) is 21.4 Å². The largest absolute Gasteiger partial charge is 0.341 e. The van der Waals surface area contributed by atoms with Crippen LogP contribution in [0.15, 0.2) is 42.6 Å². The summed E-state index contributed by atoms with van der Waals surface area (Å²) in [4.78, 5) is 37.0. The lowest BCUT2D eigenvalue weighted by atomic mass is 9.91. The molecule has 0 saturated carbocycles. The Morgan fingerprint density at radius 1 is 1.20 bits per heavy atom. The lowest BCUT2D eigenvalue weighted by molar-refractivity contribution is -0.128. The van der Waals surface area contributed by atoms with Crippen molar-refractivity contribution in [2.24, 2.45) is 0 Å². The quantitative estimate of drug-likeness (QED) is 0.696. The number of rotatable bonds is 6. The van der Waals surface area contributed by atoms with E-state index < -0.39 is 0 Å². The fraction of sp³-hybridized carbons (Fsp3) is 0.536. The van der Waals surface area contributed by atoms with E-state index in [1.54, 1.807) is 0 Å². The van der Waals surface area contributed by atoms with Crippen LogP contribution in [0, 0.1) is 0 Å². The molecule has 0 bridgehead atoms. The molecule has 0 spiro atoms. The lowest BCUT2D eigenvalue weighted by Crippen LogP contribution is -2.60. The van der Waals surface area contributed by atoms with Crippen molar-refractivity contribution in [3.63, 3.8) is 0 Å². The van der Waals surface area contributed by atoms with E-state index in [1.807, 2.05) is 22.1 Å². The molecule has 2 fully saturated rings. The van der Waals surface area contributed by atoms with E-state index in [-0.39, 0.29) is 23.3 Å². The van der Waals surface area contributed by atoms with Crippen LogP contribution in [0.2, 0.25) is 0 Å². The highest BCUT2D eigenvalue weighted by molar-refractivity contribution is 5.97. The van der Waals surface area contributed by atoms with Crippen molar-refractivity contribution >= 4 is 17.5 Å². The molecule has 7 nitrogen and oxygen atoms in total. The number of aromatic nitrogens is 1. The van der Waals surface area contributed by atoms with Gasteiger partial charge in [-0.2, -0.15) is 0 Å². The minimum Gasteiger partial charge on any atom is -0.341 e. The van der Waals surface area contributed by atoms with Crippen LogP contribution in [0.1, 0.15) is 50.4 Å². The first-order chi connectivity index (χ1) is 16.8. The Kier molecular flexibility index (Phi) is 6.64. The Balaban J connectivity index is 1.34. The summed E-state index contributed by atoms with van der Waals surface area (Å²) in [7, 11) is 0. The molecule has 3 aliphatic rings. The molecule has 1 aromatic carbocycles. The summed E-state index contributed by atoms with van der Waals surface area (Å²) in [5, 5.41) is 3.54. The predicted molar refractivity (Wildman–Crippen MR) is 138 cm³/mol. The van der Waals surface area contributed by atoms with Gasteiger partial charge in [-0.1, -0.05) is 44.2 Å². The average Bonchev–Trinajstić information content (AvgIpc) is 3.35. The molecular formula is C28H37N5O2. The number of benzene rings is 1. The van der Waals surface area contributed by atoms with Crippen LogP contribution in [0.4, 0.5) is 5.69 Å². The lowest BCUT2D eigenvalue weighted by Gasteiger charge is -2.41. The topological polar surface area (TPSA) is 68.8 Å². The molecule has 186 valence electrons. The molecule has 2 aromatic rings. The van der Waals surface area contributed by atoms with Crippen molar-refractivity contribution in [1.82, 2.24) is 20.1 Å². The number of pyridine rings is 1. The first-order valence-electron chi connectivity index (χ1n) is 12.9. The second kappa shape index (κ2) is 9.70. The first-order valence-corrected chi connectivity index (χ1v) is 12.9. The fourth-order valence-corrected chi connectivity index (χ4v) is 5.74. The van der Waals surface area contributed by atoms with Crippen molar-refractivity contribution in [1.29, 1.82) is 0 Å². The molecule has 0 aliphatic carbocycles. The Hall–Kier alpha value is -2.77. The number of nitrogens with one attached hydrogen (secondary N) is 1. The summed E-state index contributed by atoms with van der Waals surface area (Å²) in [5.41, 5.74) is 4.11. The second-order valence-corrected chi connectivity index (χ2v) is 11.1. The Bertz CT molecular complexity index is 1090. The minimum atomic E-state index is -0.186. The van der Waals surface area contributed by atoms with Gasteiger partial charge in [-0.15, -0.1) is 0 Å². The van der Waals surface area contributed by atoms with Gasteiger partial charge in [0.15, 0.2) is 0 Å². The van der Waals surface area contributed by atoms with Crippen LogP contribution in [-0.4, -0.2) is 78.0 Å². The van der Waals surface area contributed by atoms with Crippen LogP contribution < -0.4 is 10.2 Å². The highest BCUT2D eigenvalue weighted by Crippen LogP contribution is 2.39. The molecule has 1 N–H and O–H groups in total. The van der Waals surface area contributed by atoms with E-state index in [0.717, 1.165) is 49.4 Å². The number of amides is 2. The van der Waals surface area contributed by atoms with Gasteiger partial charge in [0.1, 0.15) is 0 Å². The number of hydrogen-bond donors (Lipinski definition) is 1. The molecule has 7 heteroatoms. The molecule has 0 unspecified atom stereocenters. The predicted octanol–water partition coefficient (Wildman–Crippen LogP) is 2.58. The molecule has 2 atom stereocenters. The number of fused-ring (bicyclic) bond motifs is 1. The van der Waals surface area contributed by atoms with Crippen molar-refractivity contribution in [2.75, 3.05) is 44.2 Å². The smallest absolute Gasteiger partial charge is 0.241 e. The number of piperazine rings is 1. The summed E-state index contributed by atoms with van der Waals surface area (Å²) in [5.74, 6) is 0.351. The zero-order chi connectivity index (χ0) is 24.6. The summed E-state index contributed by atoms with van der Waals surface area (Å²) in [6, 6.07) is 13.0. The number of carbonyl (C=O) groups excluding carboxylic acids is 2. The van der Waals surface area contributed by atoms with Crippen LogP contribution in [0.3, 0.4) is 0 Å². The van der Waals surface area contributed by atoms with Crippen molar-refractivity contribution < 1.29 is 9.59 Å². The summed E-state index contributed by atoms with van der Waals surface area (Å²) < 4.78 is 0. The normalized spacial score (nSPS) is 24.1. The second-order valence-electron chi connectivity index (χ2n) is 11.1. The Morgan fingerprint density at radius 2 is 2.00 bits per heavy atom. The van der Waals surface area contributed by atoms with Crippen molar-refractivity contribution in [3.05, 3.63) is 59.4 Å². The average molecular weight is 476 g/mol. The zero-order valence-corrected chi connectivity index (χ0v) is 21.2. The minimum absolute atomic E-state index is 0.113. The van der Waals surface area contributed by atoms with Gasteiger partial charge >= 0.3 is 0 Å². The molecule has 4 heterocycles. The van der Waals surface area contributed by atoms with E-state index >= 15 is 0 Å². The van der Waals surface area contributed by atoms with E-state index in [2.05, 4.69) is 61.3 Å². The van der Waals surface area contributed by atoms with Crippen molar-refractivity contribution in [2.45, 2.75) is 57.5 Å². The molecule has 2 saturated heterocycles. The molecule has 5 rings (SSSR count). The van der Waals surface area contributed by atoms with Gasteiger partial charge in [0.05, 0.1) is 17.9 Å².